The van der Waals surface area contributed by atoms with E-state index in [0.29, 0.717) is 24.7 Å². The molecule has 1 N–H and O–H groups in total. The number of anilines is 1. The van der Waals surface area contributed by atoms with Crippen molar-refractivity contribution in [1.82, 2.24) is 4.57 Å². The average Bonchev–Trinajstić information content (AvgIpc) is 2.94. The van der Waals surface area contributed by atoms with Gasteiger partial charge in [0.15, 0.2) is 0 Å². The summed E-state index contributed by atoms with van der Waals surface area (Å²) < 4.78 is 54.0. The Balaban J connectivity index is 1.84. The van der Waals surface area contributed by atoms with Crippen molar-refractivity contribution in [3.8, 4) is 0 Å². The third-order valence-electron chi connectivity index (χ3n) is 4.13. The summed E-state index contributed by atoms with van der Waals surface area (Å²) >= 11 is 0. The highest BCUT2D eigenvalue weighted by molar-refractivity contribution is 5.96. The van der Waals surface area contributed by atoms with Gasteiger partial charge in [-0.2, -0.15) is 13.2 Å². The lowest BCUT2D eigenvalue weighted by molar-refractivity contribution is -0.137. The molecule has 2 aromatic carbocycles. The molecule has 0 aliphatic rings. The Hall–Kier alpha value is -2.83. The number of carbonyl (C=O) groups excluding carboxylic acids is 1. The lowest BCUT2D eigenvalue weighted by Crippen LogP contribution is -2.16. The van der Waals surface area contributed by atoms with E-state index in [2.05, 4.69) is 5.32 Å². The van der Waals surface area contributed by atoms with Crippen LogP contribution in [0.15, 0.2) is 48.7 Å². The van der Waals surface area contributed by atoms with Crippen LogP contribution in [0.4, 0.5) is 23.2 Å². The van der Waals surface area contributed by atoms with Crippen molar-refractivity contribution in [2.24, 2.45) is 0 Å². The summed E-state index contributed by atoms with van der Waals surface area (Å²) in [5.41, 5.74) is 0.191. The number of alkyl halides is 3. The molecule has 7 heteroatoms. The Bertz CT molecular complexity index is 960. The van der Waals surface area contributed by atoms with E-state index in [1.165, 1.54) is 0 Å². The van der Waals surface area contributed by atoms with Crippen molar-refractivity contribution >= 4 is 22.5 Å². The number of aromatic nitrogens is 1. The number of para-hydroxylation sites is 1. The zero-order valence-corrected chi connectivity index (χ0v) is 13.9. The molecule has 3 aromatic rings. The van der Waals surface area contributed by atoms with Gasteiger partial charge in [0.05, 0.1) is 17.7 Å². The zero-order chi connectivity index (χ0) is 18.9. The molecule has 3 rings (SSSR count). The summed E-state index contributed by atoms with van der Waals surface area (Å²) in [4.78, 5) is 12.3. The average molecular weight is 364 g/mol. The SMILES string of the molecule is CCn1cc(CC(=O)Nc2cc(C(F)(F)F)ccc2F)c2ccccc21. The smallest absolute Gasteiger partial charge is 0.347 e. The molecule has 0 fully saturated rings. The van der Waals surface area contributed by atoms with Crippen LogP contribution in [0.1, 0.15) is 18.1 Å². The predicted molar refractivity (Wildman–Crippen MR) is 91.3 cm³/mol. The second-order valence-corrected chi connectivity index (χ2v) is 5.87. The molecule has 3 nitrogen and oxygen atoms in total. The largest absolute Gasteiger partial charge is 0.416 e. The molecule has 0 aliphatic heterocycles. The van der Waals surface area contributed by atoms with E-state index in [9.17, 15) is 22.4 Å². The van der Waals surface area contributed by atoms with E-state index < -0.39 is 29.2 Å². The number of benzene rings is 2. The second kappa shape index (κ2) is 6.82. The molecular weight excluding hydrogens is 348 g/mol. The fourth-order valence-electron chi connectivity index (χ4n) is 2.89. The molecule has 136 valence electrons. The number of hydrogen-bond acceptors (Lipinski definition) is 1. The Morgan fingerprint density at radius 3 is 2.58 bits per heavy atom. The first-order valence-electron chi connectivity index (χ1n) is 8.03. The number of nitrogens with zero attached hydrogens (tertiary/aromatic N) is 1. The Labute approximate surface area is 147 Å². The van der Waals surface area contributed by atoms with Crippen molar-refractivity contribution in [3.05, 3.63) is 65.6 Å². The van der Waals surface area contributed by atoms with Crippen LogP contribution in [0.3, 0.4) is 0 Å². The zero-order valence-electron chi connectivity index (χ0n) is 13.9. The highest BCUT2D eigenvalue weighted by Gasteiger charge is 2.31. The number of amides is 1. The van der Waals surface area contributed by atoms with Crippen LogP contribution in [0, 0.1) is 5.82 Å². The molecule has 0 saturated carbocycles. The third-order valence-corrected chi connectivity index (χ3v) is 4.13. The topological polar surface area (TPSA) is 34.0 Å². The maximum Gasteiger partial charge on any atom is 0.416 e. The first-order valence-corrected chi connectivity index (χ1v) is 8.03. The van der Waals surface area contributed by atoms with E-state index in [4.69, 9.17) is 0 Å². The number of aryl methyl sites for hydroxylation is 1. The summed E-state index contributed by atoms with van der Waals surface area (Å²) in [6.07, 6.45) is -2.85. The number of halogens is 4. The number of fused-ring (bicyclic) bond motifs is 1. The molecule has 1 aromatic heterocycles. The number of rotatable bonds is 4. The maximum absolute atomic E-state index is 13.8. The predicted octanol–water partition coefficient (Wildman–Crippen LogP) is 5.00. The first kappa shape index (κ1) is 18.0. The monoisotopic (exact) mass is 364 g/mol. The summed E-state index contributed by atoms with van der Waals surface area (Å²) in [5.74, 6) is -1.50. The van der Waals surface area contributed by atoms with Gasteiger partial charge < -0.3 is 9.88 Å². The minimum Gasteiger partial charge on any atom is -0.347 e. The van der Waals surface area contributed by atoms with Gasteiger partial charge in [-0.25, -0.2) is 4.39 Å². The lowest BCUT2D eigenvalue weighted by atomic mass is 10.1. The number of carbonyl (C=O) groups is 1. The van der Waals surface area contributed by atoms with Gasteiger partial charge in [-0.1, -0.05) is 18.2 Å². The van der Waals surface area contributed by atoms with Gasteiger partial charge in [0.2, 0.25) is 5.91 Å². The van der Waals surface area contributed by atoms with Crippen LogP contribution >= 0.6 is 0 Å². The number of nitrogens with one attached hydrogen (secondary N) is 1. The molecule has 0 spiro atoms. The standard InChI is InChI=1S/C19H16F4N2O/c1-2-25-11-12(14-5-3-4-6-17(14)25)9-18(26)24-16-10-13(19(21,22)23)7-8-15(16)20/h3-8,10-11H,2,9H2,1H3,(H,24,26). The van der Waals surface area contributed by atoms with Crippen molar-refractivity contribution in [1.29, 1.82) is 0 Å². The van der Waals surface area contributed by atoms with Gasteiger partial charge in [-0.15, -0.1) is 0 Å². The van der Waals surface area contributed by atoms with Gasteiger partial charge in [0.1, 0.15) is 5.82 Å². The van der Waals surface area contributed by atoms with Gasteiger partial charge in [-0.3, -0.25) is 4.79 Å². The third kappa shape index (κ3) is 3.56. The normalized spacial score (nSPS) is 11.7. The second-order valence-electron chi connectivity index (χ2n) is 5.87. The summed E-state index contributed by atoms with van der Waals surface area (Å²) in [6, 6.07) is 9.46. The Kier molecular flexibility index (Phi) is 4.71. The van der Waals surface area contributed by atoms with E-state index in [0.717, 1.165) is 16.5 Å². The summed E-state index contributed by atoms with van der Waals surface area (Å²) in [5, 5.41) is 3.12. The number of hydrogen-bond donors (Lipinski definition) is 1. The van der Waals surface area contributed by atoms with Crippen molar-refractivity contribution in [2.75, 3.05) is 5.32 Å². The van der Waals surface area contributed by atoms with Gasteiger partial charge in [0, 0.05) is 23.6 Å². The Morgan fingerprint density at radius 2 is 1.88 bits per heavy atom. The highest BCUT2D eigenvalue weighted by Crippen LogP contribution is 2.32. The van der Waals surface area contributed by atoms with Crippen LogP contribution < -0.4 is 5.32 Å². The lowest BCUT2D eigenvalue weighted by Gasteiger charge is -2.11. The van der Waals surface area contributed by atoms with Gasteiger partial charge in [0.25, 0.3) is 0 Å². The van der Waals surface area contributed by atoms with Crippen LogP contribution in [0.5, 0.6) is 0 Å². The molecule has 1 amide bonds. The van der Waals surface area contributed by atoms with Crippen LogP contribution in [-0.2, 0) is 23.9 Å². The van der Waals surface area contributed by atoms with Crippen LogP contribution in [0.2, 0.25) is 0 Å². The molecule has 26 heavy (non-hydrogen) atoms. The first-order chi connectivity index (χ1) is 12.3. The van der Waals surface area contributed by atoms with Crippen molar-refractivity contribution in [3.63, 3.8) is 0 Å². The summed E-state index contributed by atoms with van der Waals surface area (Å²) in [6.45, 7) is 2.68. The minimum atomic E-state index is -4.61. The van der Waals surface area contributed by atoms with Crippen molar-refractivity contribution < 1.29 is 22.4 Å². The van der Waals surface area contributed by atoms with Crippen molar-refractivity contribution in [2.45, 2.75) is 26.1 Å². The van der Waals surface area contributed by atoms with E-state index in [-0.39, 0.29) is 6.42 Å². The summed E-state index contributed by atoms with van der Waals surface area (Å²) in [7, 11) is 0. The molecule has 0 unspecified atom stereocenters. The minimum absolute atomic E-state index is 0.0663. The van der Waals surface area contributed by atoms with Crippen LogP contribution in [-0.4, -0.2) is 10.5 Å². The quantitative estimate of drug-likeness (QED) is 0.650. The van der Waals surface area contributed by atoms with Crippen LogP contribution in [0.25, 0.3) is 10.9 Å². The molecule has 0 radical (unpaired) electrons. The molecule has 0 saturated heterocycles. The van der Waals surface area contributed by atoms with E-state index >= 15 is 0 Å². The van der Waals surface area contributed by atoms with Gasteiger partial charge in [-0.05, 0) is 36.8 Å². The Morgan fingerprint density at radius 1 is 1.15 bits per heavy atom. The molecule has 0 atom stereocenters. The fourth-order valence-corrected chi connectivity index (χ4v) is 2.89. The molecule has 1 heterocycles. The van der Waals surface area contributed by atoms with E-state index in [1.807, 2.05) is 42.0 Å². The molecule has 0 bridgehead atoms. The maximum atomic E-state index is 13.8. The molecular formula is C19H16F4N2O. The van der Waals surface area contributed by atoms with Gasteiger partial charge >= 0.3 is 6.18 Å². The fraction of sp³-hybridized carbons (Fsp3) is 0.211. The van der Waals surface area contributed by atoms with E-state index in [1.54, 1.807) is 0 Å². The highest BCUT2D eigenvalue weighted by atomic mass is 19.4. The molecule has 0 aliphatic carbocycles.